The van der Waals surface area contributed by atoms with Crippen LogP contribution in [-0.2, 0) is 9.59 Å². The van der Waals surface area contributed by atoms with Gasteiger partial charge in [0.25, 0.3) is 0 Å². The summed E-state index contributed by atoms with van der Waals surface area (Å²) in [6.45, 7) is 3.76. The van der Waals surface area contributed by atoms with Crippen molar-refractivity contribution >= 4 is 17.5 Å². The highest BCUT2D eigenvalue weighted by molar-refractivity contribution is 6.10. The predicted octanol–water partition coefficient (Wildman–Crippen LogP) is 3.04. The fourth-order valence-corrected chi connectivity index (χ4v) is 3.13. The first-order chi connectivity index (χ1) is 10.8. The Balaban J connectivity index is 2.16. The minimum absolute atomic E-state index is 0.0837. The molecule has 0 aliphatic heterocycles. The summed E-state index contributed by atoms with van der Waals surface area (Å²) in [6, 6.07) is 5.24. The van der Waals surface area contributed by atoms with Crippen LogP contribution in [0.15, 0.2) is 27.2 Å². The summed E-state index contributed by atoms with van der Waals surface area (Å²) in [5.74, 6) is -1.14. The number of nitrogens with zero attached hydrogens (tertiary/aromatic N) is 1. The molecule has 0 amide bonds. The van der Waals surface area contributed by atoms with Crippen molar-refractivity contribution in [2.24, 2.45) is 5.41 Å². The van der Waals surface area contributed by atoms with Crippen molar-refractivity contribution in [1.82, 2.24) is 0 Å². The minimum atomic E-state index is -1.03. The molecular formula is C17H16N2O4. The zero-order chi connectivity index (χ0) is 16.8. The number of anilines is 1. The average Bonchev–Trinajstić information content (AvgIpc) is 3.03. The van der Waals surface area contributed by atoms with E-state index in [9.17, 15) is 14.9 Å². The van der Waals surface area contributed by atoms with E-state index in [1.54, 1.807) is 12.1 Å². The van der Waals surface area contributed by atoms with Crippen LogP contribution in [0, 0.1) is 16.7 Å². The molecule has 2 N–H and O–H groups in total. The lowest BCUT2D eigenvalue weighted by Gasteiger charge is -2.31. The molecule has 6 heteroatoms. The van der Waals surface area contributed by atoms with Crippen molar-refractivity contribution in [2.75, 3.05) is 5.73 Å². The summed E-state index contributed by atoms with van der Waals surface area (Å²) in [4.78, 5) is 25.0. The number of carbonyl (C=O) groups is 2. The van der Waals surface area contributed by atoms with Gasteiger partial charge in [0.05, 0.1) is 11.8 Å². The van der Waals surface area contributed by atoms with Crippen LogP contribution >= 0.6 is 0 Å². The molecule has 118 valence electrons. The first-order valence-corrected chi connectivity index (χ1v) is 7.25. The zero-order valence-corrected chi connectivity index (χ0v) is 12.9. The number of carbonyl (C=O) groups excluding carboxylic acids is 2. The Morgan fingerprint density at radius 1 is 1.30 bits per heavy atom. The number of rotatable bonds is 2. The number of furan rings is 2. The van der Waals surface area contributed by atoms with Crippen molar-refractivity contribution < 1.29 is 18.4 Å². The number of nitriles is 1. The summed E-state index contributed by atoms with van der Waals surface area (Å²) < 4.78 is 10.8. The van der Waals surface area contributed by atoms with Gasteiger partial charge >= 0.3 is 0 Å². The predicted molar refractivity (Wildman–Crippen MR) is 81.3 cm³/mol. The number of Topliss-reactive ketones (excluding diaryl/α,β-unsaturated/α-hetero) is 2. The van der Waals surface area contributed by atoms with Crippen LogP contribution in [0.5, 0.6) is 0 Å². The van der Waals surface area contributed by atoms with Crippen molar-refractivity contribution in [2.45, 2.75) is 32.6 Å². The standard InChI is InChI=1S/C17H16N2O4/c1-17(2)6-10(20)14(11(21)7-17)15-13(12-4-3-5-22-12)9(8-18)16(19)23-15/h3-5,14H,6-7,19H2,1-2H3. The number of hydrogen-bond acceptors (Lipinski definition) is 6. The number of hydrogen-bond donors (Lipinski definition) is 1. The van der Waals surface area contributed by atoms with Gasteiger partial charge in [0.1, 0.15) is 29.1 Å². The molecule has 0 spiro atoms. The van der Waals surface area contributed by atoms with E-state index >= 15 is 0 Å². The van der Waals surface area contributed by atoms with Crippen molar-refractivity contribution in [3.8, 4) is 17.4 Å². The second-order valence-electron chi connectivity index (χ2n) is 6.55. The fourth-order valence-electron chi connectivity index (χ4n) is 3.13. The zero-order valence-electron chi connectivity index (χ0n) is 12.9. The minimum Gasteiger partial charge on any atom is -0.464 e. The van der Waals surface area contributed by atoms with Gasteiger partial charge in [0, 0.05) is 12.8 Å². The molecule has 1 aliphatic rings. The van der Waals surface area contributed by atoms with E-state index in [1.165, 1.54) is 6.26 Å². The Kier molecular flexibility index (Phi) is 3.37. The van der Waals surface area contributed by atoms with Gasteiger partial charge in [-0.1, -0.05) is 13.8 Å². The second kappa shape index (κ2) is 5.13. The number of ketones is 2. The van der Waals surface area contributed by atoms with Gasteiger partial charge in [-0.05, 0) is 17.5 Å². The molecule has 1 aliphatic carbocycles. The largest absolute Gasteiger partial charge is 0.464 e. The molecule has 0 saturated heterocycles. The van der Waals surface area contributed by atoms with Gasteiger partial charge in [-0.3, -0.25) is 9.59 Å². The SMILES string of the molecule is CC1(C)CC(=O)C(c2oc(N)c(C#N)c2-c2ccco2)C(=O)C1. The normalized spacial score (nSPS) is 18.1. The molecule has 2 aromatic rings. The summed E-state index contributed by atoms with van der Waals surface area (Å²) in [7, 11) is 0. The molecular weight excluding hydrogens is 296 g/mol. The molecule has 0 unspecified atom stereocenters. The van der Waals surface area contributed by atoms with Crippen LogP contribution < -0.4 is 5.73 Å². The van der Waals surface area contributed by atoms with Gasteiger partial charge in [0.15, 0.2) is 11.6 Å². The average molecular weight is 312 g/mol. The van der Waals surface area contributed by atoms with Crippen molar-refractivity contribution in [3.63, 3.8) is 0 Å². The summed E-state index contributed by atoms with van der Waals surface area (Å²) >= 11 is 0. The summed E-state index contributed by atoms with van der Waals surface area (Å²) in [5.41, 5.74) is 5.76. The maximum atomic E-state index is 12.5. The molecule has 2 aromatic heterocycles. The Morgan fingerprint density at radius 2 is 1.96 bits per heavy atom. The van der Waals surface area contributed by atoms with Crippen molar-refractivity contribution in [1.29, 1.82) is 5.26 Å². The lowest BCUT2D eigenvalue weighted by Crippen LogP contribution is -2.36. The highest BCUT2D eigenvalue weighted by Gasteiger charge is 2.44. The highest BCUT2D eigenvalue weighted by atomic mass is 16.4. The van der Waals surface area contributed by atoms with Crippen LogP contribution in [0.4, 0.5) is 5.88 Å². The maximum Gasteiger partial charge on any atom is 0.209 e. The first-order valence-electron chi connectivity index (χ1n) is 7.25. The Morgan fingerprint density at radius 3 is 2.48 bits per heavy atom. The molecule has 6 nitrogen and oxygen atoms in total. The van der Waals surface area contributed by atoms with Gasteiger partial charge in [-0.25, -0.2) is 0 Å². The monoisotopic (exact) mass is 312 g/mol. The van der Waals surface area contributed by atoms with Crippen LogP contribution in [0.3, 0.4) is 0 Å². The summed E-state index contributed by atoms with van der Waals surface area (Å²) in [5, 5.41) is 9.32. The van der Waals surface area contributed by atoms with Crippen LogP contribution in [0.1, 0.15) is 43.9 Å². The molecule has 0 bridgehead atoms. The van der Waals surface area contributed by atoms with Crippen LogP contribution in [-0.4, -0.2) is 11.6 Å². The van der Waals surface area contributed by atoms with E-state index in [0.717, 1.165) is 0 Å². The highest BCUT2D eigenvalue weighted by Crippen LogP contribution is 2.44. The lowest BCUT2D eigenvalue weighted by atomic mass is 9.70. The van der Waals surface area contributed by atoms with Gasteiger partial charge < -0.3 is 14.6 Å². The lowest BCUT2D eigenvalue weighted by molar-refractivity contribution is -0.136. The van der Waals surface area contributed by atoms with Crippen molar-refractivity contribution in [3.05, 3.63) is 29.7 Å². The van der Waals surface area contributed by atoms with E-state index in [1.807, 2.05) is 19.9 Å². The molecule has 3 rings (SSSR count). The topological polar surface area (TPSA) is 110 Å². The summed E-state index contributed by atoms with van der Waals surface area (Å²) in [6.07, 6.45) is 1.98. The van der Waals surface area contributed by atoms with Gasteiger partial charge in [0.2, 0.25) is 5.88 Å². The Labute approximate surface area is 132 Å². The van der Waals surface area contributed by atoms with E-state index < -0.39 is 5.92 Å². The fraction of sp³-hybridized carbons (Fsp3) is 0.353. The second-order valence-corrected chi connectivity index (χ2v) is 6.55. The maximum absolute atomic E-state index is 12.5. The van der Waals surface area contributed by atoms with Crippen LogP contribution in [0.25, 0.3) is 11.3 Å². The Bertz CT molecular complexity index is 802. The number of nitrogen functional groups attached to an aromatic ring is 1. The van der Waals surface area contributed by atoms with Crippen LogP contribution in [0.2, 0.25) is 0 Å². The van der Waals surface area contributed by atoms with E-state index in [2.05, 4.69) is 0 Å². The van der Waals surface area contributed by atoms with Gasteiger partial charge in [-0.2, -0.15) is 5.26 Å². The van der Waals surface area contributed by atoms with E-state index in [-0.39, 0.29) is 47.0 Å². The molecule has 1 fully saturated rings. The smallest absolute Gasteiger partial charge is 0.209 e. The molecule has 1 saturated carbocycles. The van der Waals surface area contributed by atoms with E-state index in [4.69, 9.17) is 14.6 Å². The third-order valence-corrected chi connectivity index (χ3v) is 4.05. The third-order valence-electron chi connectivity index (χ3n) is 4.05. The molecule has 0 atom stereocenters. The molecule has 23 heavy (non-hydrogen) atoms. The third kappa shape index (κ3) is 2.44. The first kappa shape index (κ1) is 15.1. The molecule has 2 heterocycles. The quantitative estimate of drug-likeness (QED) is 0.853. The Hall–Kier alpha value is -2.81. The molecule has 0 radical (unpaired) electrons. The van der Waals surface area contributed by atoms with Gasteiger partial charge in [-0.15, -0.1) is 0 Å². The molecule has 0 aromatic carbocycles. The number of nitrogens with two attached hydrogens (primary N) is 1. The van der Waals surface area contributed by atoms with E-state index in [0.29, 0.717) is 11.3 Å².